The average molecular weight is 144 g/mol. The van der Waals surface area contributed by atoms with Crippen molar-refractivity contribution in [3.8, 4) is 17.6 Å². The maximum absolute atomic E-state index is 5.19. The van der Waals surface area contributed by atoms with Gasteiger partial charge < -0.3 is 4.74 Å². The van der Waals surface area contributed by atoms with E-state index in [-0.39, 0.29) is 0 Å². The predicted octanol–water partition coefficient (Wildman–Crippen LogP) is 1.69. The van der Waals surface area contributed by atoms with Crippen molar-refractivity contribution in [1.82, 2.24) is 0 Å². The van der Waals surface area contributed by atoms with E-state index >= 15 is 0 Å². The second-order valence-electron chi connectivity index (χ2n) is 1.87. The summed E-state index contributed by atoms with van der Waals surface area (Å²) >= 11 is 0. The zero-order valence-corrected chi connectivity index (χ0v) is 6.35. The monoisotopic (exact) mass is 144 g/mol. The molecule has 0 saturated carbocycles. The number of hydrogen-bond donors (Lipinski definition) is 0. The van der Waals surface area contributed by atoms with E-state index in [4.69, 9.17) is 4.74 Å². The first-order valence-electron chi connectivity index (χ1n) is 3.34. The minimum absolute atomic E-state index is 0.421. The van der Waals surface area contributed by atoms with E-state index in [2.05, 4.69) is 24.0 Å². The van der Waals surface area contributed by atoms with E-state index in [0.29, 0.717) is 12.4 Å². The Labute approximate surface area is 67.0 Å². The van der Waals surface area contributed by atoms with Crippen LogP contribution in [0.25, 0.3) is 0 Å². The molecule has 54 valence electrons. The van der Waals surface area contributed by atoms with Crippen LogP contribution in [0.2, 0.25) is 0 Å². The molecule has 1 rings (SSSR count). The minimum Gasteiger partial charge on any atom is -0.473 e. The summed E-state index contributed by atoms with van der Waals surface area (Å²) in [6.07, 6.45) is 0. The van der Waals surface area contributed by atoms with Gasteiger partial charge in [-0.2, -0.15) is 0 Å². The van der Waals surface area contributed by atoms with Crippen molar-refractivity contribution >= 4 is 0 Å². The molecule has 0 atom stereocenters. The third-order valence-electron chi connectivity index (χ3n) is 1.10. The second-order valence-corrected chi connectivity index (χ2v) is 1.87. The lowest BCUT2D eigenvalue weighted by Crippen LogP contribution is -1.91. The fourth-order valence-corrected chi connectivity index (χ4v) is 0.608. The van der Waals surface area contributed by atoms with Crippen LogP contribution in [0.15, 0.2) is 18.2 Å². The molecule has 0 heterocycles. The highest BCUT2D eigenvalue weighted by Crippen LogP contribution is 2.02. The van der Waals surface area contributed by atoms with Gasteiger partial charge in [-0.3, -0.25) is 0 Å². The van der Waals surface area contributed by atoms with E-state index in [1.165, 1.54) is 0 Å². The molecule has 0 aromatic heterocycles. The Bertz CT molecular complexity index is 253. The van der Waals surface area contributed by atoms with Crippen molar-refractivity contribution in [1.29, 1.82) is 0 Å². The first-order chi connectivity index (χ1) is 5.43. The minimum atomic E-state index is 0.421. The summed E-state index contributed by atoms with van der Waals surface area (Å²) in [5.41, 5.74) is 0. The summed E-state index contributed by atoms with van der Waals surface area (Å²) in [5, 5.41) is 0. The van der Waals surface area contributed by atoms with Crippen molar-refractivity contribution in [2.24, 2.45) is 0 Å². The van der Waals surface area contributed by atoms with Gasteiger partial charge in [0.25, 0.3) is 0 Å². The molecule has 0 radical (unpaired) electrons. The molecule has 0 aliphatic heterocycles. The normalized spacial score (nSPS) is 7.36. The second kappa shape index (κ2) is 4.25. The summed E-state index contributed by atoms with van der Waals surface area (Å²) in [4.78, 5) is 0. The fourth-order valence-electron chi connectivity index (χ4n) is 0.608. The van der Waals surface area contributed by atoms with Crippen molar-refractivity contribution in [2.45, 2.75) is 6.92 Å². The molecule has 1 nitrogen and oxygen atoms in total. The van der Waals surface area contributed by atoms with Crippen molar-refractivity contribution in [3.63, 3.8) is 0 Å². The van der Waals surface area contributed by atoms with E-state index in [1.807, 2.05) is 12.1 Å². The van der Waals surface area contributed by atoms with Gasteiger partial charge in [0.2, 0.25) is 0 Å². The van der Waals surface area contributed by atoms with Gasteiger partial charge in [0, 0.05) is 0 Å². The van der Waals surface area contributed by atoms with Gasteiger partial charge in [0.15, 0.2) is 5.75 Å². The van der Waals surface area contributed by atoms with Gasteiger partial charge in [-0.15, -0.1) is 5.92 Å². The summed E-state index contributed by atoms with van der Waals surface area (Å²) in [6.45, 7) is 2.20. The van der Waals surface area contributed by atoms with Gasteiger partial charge in [0.05, 0.1) is 0 Å². The molecule has 11 heavy (non-hydrogen) atoms. The molecule has 1 aromatic carbocycles. The Morgan fingerprint density at radius 1 is 1.64 bits per heavy atom. The molecule has 1 heteroatoms. The predicted molar refractivity (Wildman–Crippen MR) is 43.1 cm³/mol. The summed E-state index contributed by atoms with van der Waals surface area (Å²) < 4.78 is 5.19. The maximum atomic E-state index is 5.19. The fraction of sp³-hybridized carbons (Fsp3) is 0.200. The molecule has 0 amide bonds. The highest BCUT2D eigenvalue weighted by atomic mass is 16.5. The molecule has 0 aliphatic rings. The van der Waals surface area contributed by atoms with E-state index in [1.54, 1.807) is 13.0 Å². The molecule has 1 aromatic rings. The van der Waals surface area contributed by atoms with E-state index < -0.39 is 0 Å². The third kappa shape index (κ3) is 2.65. The highest BCUT2D eigenvalue weighted by molar-refractivity contribution is 5.15. The summed E-state index contributed by atoms with van der Waals surface area (Å²) in [6, 6.07) is 11.1. The van der Waals surface area contributed by atoms with Crippen molar-refractivity contribution in [3.05, 3.63) is 30.3 Å². The molecule has 0 saturated heterocycles. The van der Waals surface area contributed by atoms with Gasteiger partial charge in [-0.1, -0.05) is 12.0 Å². The molecule has 0 spiro atoms. The van der Waals surface area contributed by atoms with Crippen LogP contribution < -0.4 is 4.74 Å². The Balaban J connectivity index is 2.43. The maximum Gasteiger partial charge on any atom is 0.171 e. The Morgan fingerprint density at radius 2 is 2.55 bits per heavy atom. The van der Waals surface area contributed by atoms with Crippen LogP contribution in [-0.2, 0) is 0 Å². The van der Waals surface area contributed by atoms with Crippen molar-refractivity contribution < 1.29 is 4.74 Å². The van der Waals surface area contributed by atoms with Crippen LogP contribution in [0, 0.1) is 24.0 Å². The quantitative estimate of drug-likeness (QED) is 0.574. The largest absolute Gasteiger partial charge is 0.473 e. The lowest BCUT2D eigenvalue weighted by Gasteiger charge is -1.95. The molecule has 0 N–H and O–H groups in total. The summed E-state index contributed by atoms with van der Waals surface area (Å²) in [5.74, 6) is 6.22. The van der Waals surface area contributed by atoms with Crippen LogP contribution in [0.4, 0.5) is 0 Å². The molecular formula is C10H8O. The lowest BCUT2D eigenvalue weighted by atomic mass is 10.4. The number of ether oxygens (including phenoxy) is 1. The van der Waals surface area contributed by atoms with E-state index in [0.717, 1.165) is 0 Å². The number of rotatable bonds is 2. The molecule has 0 bridgehead atoms. The Hall–Kier alpha value is -1.60. The van der Waals surface area contributed by atoms with E-state index in [9.17, 15) is 0 Å². The topological polar surface area (TPSA) is 9.23 Å². The Morgan fingerprint density at radius 3 is 3.18 bits per heavy atom. The molecule has 0 aliphatic carbocycles. The first-order valence-corrected chi connectivity index (χ1v) is 3.34. The third-order valence-corrected chi connectivity index (χ3v) is 1.10. The average Bonchev–Trinajstić information content (AvgIpc) is 2.07. The lowest BCUT2D eigenvalue weighted by molar-refractivity contribution is 0.370. The van der Waals surface area contributed by atoms with Crippen LogP contribution in [-0.4, -0.2) is 6.61 Å². The SMILES string of the molecule is CC#CCOc1c#cccc1. The first kappa shape index (κ1) is 7.51. The summed E-state index contributed by atoms with van der Waals surface area (Å²) in [7, 11) is 0. The van der Waals surface area contributed by atoms with Crippen LogP contribution in [0.5, 0.6) is 5.75 Å². The highest BCUT2D eigenvalue weighted by Gasteiger charge is 1.84. The number of hydrogen-bond acceptors (Lipinski definition) is 1. The molecule has 0 fully saturated rings. The van der Waals surface area contributed by atoms with Gasteiger partial charge in [-0.25, -0.2) is 0 Å². The standard InChI is InChI=1S/C10H8O/c1-2-3-9-11-10-7-5-4-6-8-10/h4-5,7H,9H2,1H3. The van der Waals surface area contributed by atoms with Gasteiger partial charge in [0.1, 0.15) is 6.61 Å². The molecular weight excluding hydrogens is 136 g/mol. The van der Waals surface area contributed by atoms with Crippen LogP contribution in [0.3, 0.4) is 0 Å². The molecule has 0 unspecified atom stereocenters. The zero-order valence-electron chi connectivity index (χ0n) is 6.35. The van der Waals surface area contributed by atoms with Gasteiger partial charge >= 0.3 is 0 Å². The smallest absolute Gasteiger partial charge is 0.171 e. The van der Waals surface area contributed by atoms with Gasteiger partial charge in [-0.05, 0) is 31.2 Å². The van der Waals surface area contributed by atoms with Crippen LogP contribution >= 0.6 is 0 Å². The van der Waals surface area contributed by atoms with Crippen molar-refractivity contribution in [2.75, 3.05) is 6.61 Å². The zero-order chi connectivity index (χ0) is 7.94. The Kier molecular flexibility index (Phi) is 2.90. The van der Waals surface area contributed by atoms with Crippen LogP contribution in [0.1, 0.15) is 6.92 Å².